The van der Waals surface area contributed by atoms with Gasteiger partial charge in [-0.3, -0.25) is 19.0 Å². The molecule has 0 bridgehead atoms. The largest absolute Gasteiger partial charge is 0.497 e. The molecule has 1 saturated heterocycles. The van der Waals surface area contributed by atoms with Crippen LogP contribution in [0.3, 0.4) is 0 Å². The topological polar surface area (TPSA) is 119 Å². The summed E-state index contributed by atoms with van der Waals surface area (Å²) >= 11 is 0. The molecule has 3 heterocycles. The zero-order chi connectivity index (χ0) is 34.9. The third-order valence-corrected chi connectivity index (χ3v) is 14.7. The quantitative estimate of drug-likeness (QED) is 0.225. The van der Waals surface area contributed by atoms with Crippen molar-refractivity contribution in [2.75, 3.05) is 32.7 Å². The van der Waals surface area contributed by atoms with Crippen LogP contribution >= 0.6 is 0 Å². The number of nitrogens with zero attached hydrogens (tertiary/aromatic N) is 2. The van der Waals surface area contributed by atoms with Crippen molar-refractivity contribution in [1.29, 1.82) is 0 Å². The molecule has 2 aliphatic heterocycles. The highest BCUT2D eigenvalue weighted by atomic mass is 28.3. The fourth-order valence-electron chi connectivity index (χ4n) is 7.82. The van der Waals surface area contributed by atoms with Crippen LogP contribution in [0, 0.1) is 5.92 Å². The SMILES string of the molecule is COc1ccc([Si](C)(C)[C@@H]2[C@@H](CC(=O)N(CCO)Cc3ccccc3)O[C@]3(C(=O)Nc4ccc(-n5cccc(OC)c5=O)cc43)[C@H]2C)cc1. The summed E-state index contributed by atoms with van der Waals surface area (Å²) in [5, 5.41) is 14.1. The summed E-state index contributed by atoms with van der Waals surface area (Å²) in [4.78, 5) is 43.2. The first-order valence-electron chi connectivity index (χ1n) is 16.5. The average Bonchev–Trinajstić information content (AvgIpc) is 3.56. The lowest BCUT2D eigenvalue weighted by molar-refractivity contribution is -0.148. The van der Waals surface area contributed by atoms with E-state index in [1.165, 1.54) is 11.7 Å². The van der Waals surface area contributed by atoms with Gasteiger partial charge in [0.05, 0.1) is 41.4 Å². The fourth-order valence-corrected chi connectivity index (χ4v) is 11.8. The van der Waals surface area contributed by atoms with Gasteiger partial charge in [0.25, 0.3) is 11.5 Å². The first kappa shape index (κ1) is 34.2. The van der Waals surface area contributed by atoms with Gasteiger partial charge in [0.2, 0.25) is 5.91 Å². The number of aliphatic hydroxyl groups is 1. The number of anilines is 1. The Kier molecular flexibility index (Phi) is 9.52. The molecule has 4 atom stereocenters. The van der Waals surface area contributed by atoms with Crippen LogP contribution in [0.15, 0.2) is 95.9 Å². The zero-order valence-electron chi connectivity index (χ0n) is 28.5. The minimum atomic E-state index is -2.50. The van der Waals surface area contributed by atoms with Gasteiger partial charge < -0.3 is 29.5 Å². The molecule has 1 spiro atoms. The lowest BCUT2D eigenvalue weighted by Crippen LogP contribution is -2.52. The molecule has 2 amide bonds. The molecule has 0 unspecified atom stereocenters. The van der Waals surface area contributed by atoms with E-state index < -0.39 is 19.8 Å². The molecule has 11 heteroatoms. The Morgan fingerprint density at radius 2 is 1.73 bits per heavy atom. The van der Waals surface area contributed by atoms with E-state index >= 15 is 0 Å². The molecule has 49 heavy (non-hydrogen) atoms. The van der Waals surface area contributed by atoms with Crippen LogP contribution in [0.5, 0.6) is 11.5 Å². The van der Waals surface area contributed by atoms with Crippen molar-refractivity contribution in [3.8, 4) is 17.2 Å². The Bertz CT molecular complexity index is 1900. The lowest BCUT2D eigenvalue weighted by Gasteiger charge is -2.37. The number of benzene rings is 3. The van der Waals surface area contributed by atoms with E-state index in [1.807, 2.05) is 55.5 Å². The third kappa shape index (κ3) is 6.07. The molecule has 2 N–H and O–H groups in total. The Hall–Kier alpha value is -4.71. The van der Waals surface area contributed by atoms with E-state index in [0.29, 0.717) is 23.5 Å². The molecule has 256 valence electrons. The number of hydrogen-bond donors (Lipinski definition) is 2. The maximum Gasteiger partial charge on any atom is 0.297 e. The number of amides is 2. The van der Waals surface area contributed by atoms with E-state index in [9.17, 15) is 19.5 Å². The number of carbonyl (C=O) groups excluding carboxylic acids is 2. The van der Waals surface area contributed by atoms with E-state index in [1.54, 1.807) is 42.5 Å². The summed E-state index contributed by atoms with van der Waals surface area (Å²) in [6, 6.07) is 26.5. The van der Waals surface area contributed by atoms with Gasteiger partial charge in [0.15, 0.2) is 11.4 Å². The summed E-state index contributed by atoms with van der Waals surface area (Å²) in [5.74, 6) is 0.157. The number of rotatable bonds is 11. The Labute approximate surface area is 287 Å². The van der Waals surface area contributed by atoms with E-state index in [2.05, 4.69) is 30.5 Å². The van der Waals surface area contributed by atoms with Crippen molar-refractivity contribution in [3.05, 3.63) is 113 Å². The van der Waals surface area contributed by atoms with Crippen molar-refractivity contribution in [2.24, 2.45) is 5.92 Å². The first-order chi connectivity index (χ1) is 23.5. The molecule has 2 aliphatic rings. The average molecular weight is 682 g/mol. The van der Waals surface area contributed by atoms with Gasteiger partial charge in [-0.25, -0.2) is 0 Å². The number of aromatic nitrogens is 1. The smallest absolute Gasteiger partial charge is 0.297 e. The molecule has 0 aliphatic carbocycles. The highest BCUT2D eigenvalue weighted by Crippen LogP contribution is 2.58. The molecular formula is C38H43N3O7Si. The van der Waals surface area contributed by atoms with Gasteiger partial charge in [-0.15, -0.1) is 0 Å². The summed E-state index contributed by atoms with van der Waals surface area (Å²) in [7, 11) is 0.586. The van der Waals surface area contributed by atoms with Gasteiger partial charge >= 0.3 is 0 Å². The predicted octanol–water partition coefficient (Wildman–Crippen LogP) is 4.43. The van der Waals surface area contributed by atoms with Crippen molar-refractivity contribution in [1.82, 2.24) is 9.47 Å². The van der Waals surface area contributed by atoms with Crippen LogP contribution in [0.2, 0.25) is 18.6 Å². The molecule has 0 radical (unpaired) electrons. The second-order valence-electron chi connectivity index (χ2n) is 13.3. The summed E-state index contributed by atoms with van der Waals surface area (Å²) in [6.07, 6.45) is 1.09. The number of aliphatic hydroxyl groups excluding tert-OH is 1. The highest BCUT2D eigenvalue weighted by Gasteiger charge is 2.65. The normalized spacial score (nSPS) is 21.3. The maximum absolute atomic E-state index is 14.2. The molecule has 6 rings (SSSR count). The molecular weight excluding hydrogens is 639 g/mol. The predicted molar refractivity (Wildman–Crippen MR) is 190 cm³/mol. The molecule has 1 aromatic heterocycles. The van der Waals surface area contributed by atoms with Gasteiger partial charge in [-0.05, 0) is 53.6 Å². The van der Waals surface area contributed by atoms with Crippen LogP contribution < -0.4 is 25.5 Å². The van der Waals surface area contributed by atoms with Crippen molar-refractivity contribution >= 4 is 30.8 Å². The number of fused-ring (bicyclic) bond motifs is 2. The summed E-state index contributed by atoms with van der Waals surface area (Å²) in [5.41, 5.74) is 0.863. The van der Waals surface area contributed by atoms with Gasteiger partial charge in [-0.1, -0.05) is 67.7 Å². The van der Waals surface area contributed by atoms with E-state index in [4.69, 9.17) is 14.2 Å². The first-order valence-corrected chi connectivity index (χ1v) is 19.6. The molecule has 0 saturated carbocycles. The van der Waals surface area contributed by atoms with Gasteiger partial charge in [0.1, 0.15) is 5.75 Å². The standard InChI is InChI=1S/C38H43N3O7Si/c1-25-35(49(4,5)29-16-14-28(46-2)15-17-29)33(23-34(43)40(20-21-42)24-26-10-7-6-8-11-26)48-38(25)30-22-27(13-18-31(30)39-37(38)45)41-19-9-12-32(47-3)36(41)44/h6-19,22,25,33,35,42H,20-21,23-24H2,1-5H3,(H,39,45)/t25-,33+,35-,38+/m0/s1. The van der Waals surface area contributed by atoms with Crippen molar-refractivity contribution in [3.63, 3.8) is 0 Å². The van der Waals surface area contributed by atoms with E-state index in [0.717, 1.165) is 16.5 Å². The number of ether oxygens (including phenoxy) is 3. The van der Waals surface area contributed by atoms with Crippen molar-refractivity contribution in [2.45, 2.75) is 50.2 Å². The number of nitrogens with one attached hydrogen (secondary N) is 1. The third-order valence-electron chi connectivity index (χ3n) is 10.3. The fraction of sp³-hybridized carbons (Fsp3) is 0.342. The minimum absolute atomic E-state index is 0.0355. The van der Waals surface area contributed by atoms with Crippen LogP contribution in [0.4, 0.5) is 5.69 Å². The van der Waals surface area contributed by atoms with Crippen molar-refractivity contribution < 1.29 is 28.9 Å². The molecule has 10 nitrogen and oxygen atoms in total. The second kappa shape index (κ2) is 13.7. The Balaban J connectivity index is 1.43. The van der Waals surface area contributed by atoms with Crippen LogP contribution in [0.1, 0.15) is 24.5 Å². The van der Waals surface area contributed by atoms with Crippen LogP contribution in [0.25, 0.3) is 5.69 Å². The van der Waals surface area contributed by atoms with Gasteiger partial charge in [-0.2, -0.15) is 0 Å². The number of methoxy groups -OCH3 is 2. The molecule has 4 aromatic rings. The number of hydrogen-bond acceptors (Lipinski definition) is 7. The monoisotopic (exact) mass is 681 g/mol. The van der Waals surface area contributed by atoms with Crippen LogP contribution in [-0.2, 0) is 26.5 Å². The molecule has 1 fully saturated rings. The lowest BCUT2D eigenvalue weighted by atomic mass is 9.82. The van der Waals surface area contributed by atoms with Crippen LogP contribution in [-0.4, -0.2) is 67.9 Å². The number of pyridine rings is 1. The Morgan fingerprint density at radius 1 is 1.00 bits per heavy atom. The Morgan fingerprint density at radius 3 is 2.41 bits per heavy atom. The molecule has 3 aromatic carbocycles. The number of carbonyl (C=O) groups is 2. The van der Waals surface area contributed by atoms with Gasteiger partial charge in [0, 0.05) is 42.1 Å². The summed E-state index contributed by atoms with van der Waals surface area (Å²) < 4.78 is 19.2. The maximum atomic E-state index is 14.2. The zero-order valence-corrected chi connectivity index (χ0v) is 29.5. The summed E-state index contributed by atoms with van der Waals surface area (Å²) in [6.45, 7) is 6.90. The second-order valence-corrected chi connectivity index (χ2v) is 18.0. The van der Waals surface area contributed by atoms with E-state index in [-0.39, 0.29) is 54.2 Å². The highest BCUT2D eigenvalue weighted by molar-refractivity contribution is 6.91. The minimum Gasteiger partial charge on any atom is -0.497 e.